The van der Waals surface area contributed by atoms with Gasteiger partial charge in [0.05, 0.1) is 10.6 Å². The van der Waals surface area contributed by atoms with E-state index >= 15 is 0 Å². The van der Waals surface area contributed by atoms with Crippen LogP contribution in [0.1, 0.15) is 38.2 Å². The Balaban J connectivity index is 1.66. The summed E-state index contributed by atoms with van der Waals surface area (Å²) in [4.78, 5) is 28.3. The van der Waals surface area contributed by atoms with Gasteiger partial charge in [0.25, 0.3) is 10.0 Å². The van der Waals surface area contributed by atoms with E-state index in [-0.39, 0.29) is 29.0 Å². The Morgan fingerprint density at radius 3 is 2.13 bits per heavy atom. The van der Waals surface area contributed by atoms with E-state index in [4.69, 9.17) is 0 Å². The Hall–Kier alpha value is -3.72. The monoisotopic (exact) mass is 537 g/mol. The number of rotatable bonds is 10. The van der Waals surface area contributed by atoms with Crippen molar-refractivity contribution in [1.29, 1.82) is 0 Å². The van der Waals surface area contributed by atoms with Crippen molar-refractivity contribution in [1.82, 2.24) is 10.2 Å². The van der Waals surface area contributed by atoms with E-state index in [0.717, 1.165) is 30.0 Å². The third-order valence-electron chi connectivity index (χ3n) is 6.82. The highest BCUT2D eigenvalue weighted by molar-refractivity contribution is 7.92. The van der Waals surface area contributed by atoms with E-state index in [9.17, 15) is 22.4 Å². The zero-order chi connectivity index (χ0) is 27.1. The van der Waals surface area contributed by atoms with Crippen LogP contribution in [0.3, 0.4) is 0 Å². The number of nitrogens with one attached hydrogen (secondary N) is 1. The molecule has 1 atom stereocenters. The molecule has 0 aliphatic heterocycles. The molecule has 200 valence electrons. The number of nitrogens with zero attached hydrogens (tertiary/aromatic N) is 2. The van der Waals surface area contributed by atoms with Gasteiger partial charge in [0.1, 0.15) is 18.4 Å². The first-order valence-electron chi connectivity index (χ1n) is 12.7. The second-order valence-corrected chi connectivity index (χ2v) is 11.3. The first-order valence-corrected chi connectivity index (χ1v) is 14.2. The predicted molar refractivity (Wildman–Crippen MR) is 144 cm³/mol. The predicted octanol–water partition coefficient (Wildman–Crippen LogP) is 4.50. The first-order chi connectivity index (χ1) is 18.3. The summed E-state index contributed by atoms with van der Waals surface area (Å²) in [5.74, 6) is -1.48. The highest BCUT2D eigenvalue weighted by Crippen LogP contribution is 2.25. The Morgan fingerprint density at radius 1 is 0.921 bits per heavy atom. The Bertz CT molecular complexity index is 1350. The zero-order valence-electron chi connectivity index (χ0n) is 21.3. The van der Waals surface area contributed by atoms with Gasteiger partial charge in [0.2, 0.25) is 11.8 Å². The maximum atomic E-state index is 14.6. The van der Waals surface area contributed by atoms with Crippen LogP contribution in [-0.2, 0) is 26.2 Å². The van der Waals surface area contributed by atoms with Crippen LogP contribution in [0.2, 0.25) is 0 Å². The Labute approximate surface area is 223 Å². The summed E-state index contributed by atoms with van der Waals surface area (Å²) >= 11 is 0. The van der Waals surface area contributed by atoms with Crippen LogP contribution in [0.4, 0.5) is 10.1 Å². The molecule has 1 aliphatic rings. The van der Waals surface area contributed by atoms with E-state index in [0.29, 0.717) is 5.69 Å². The van der Waals surface area contributed by atoms with Crippen LogP contribution in [0.5, 0.6) is 0 Å². The second-order valence-electron chi connectivity index (χ2n) is 9.44. The summed E-state index contributed by atoms with van der Waals surface area (Å²) in [6, 6.07) is 21.3. The van der Waals surface area contributed by atoms with Gasteiger partial charge in [0.15, 0.2) is 0 Å². The van der Waals surface area contributed by atoms with Crippen LogP contribution < -0.4 is 9.62 Å². The molecular formula is C29H32FN3O4S. The molecule has 0 radical (unpaired) electrons. The van der Waals surface area contributed by atoms with Crippen molar-refractivity contribution in [3.63, 3.8) is 0 Å². The molecule has 3 aromatic carbocycles. The maximum absolute atomic E-state index is 14.6. The lowest BCUT2D eigenvalue weighted by Gasteiger charge is -2.32. The number of carbonyl (C=O) groups is 2. The van der Waals surface area contributed by atoms with Crippen LogP contribution >= 0.6 is 0 Å². The highest BCUT2D eigenvalue weighted by Gasteiger charge is 2.33. The zero-order valence-corrected chi connectivity index (χ0v) is 22.1. The molecule has 0 aromatic heterocycles. The summed E-state index contributed by atoms with van der Waals surface area (Å²) in [5.41, 5.74) is 0.539. The van der Waals surface area contributed by atoms with Gasteiger partial charge in [-0.1, -0.05) is 67.4 Å². The van der Waals surface area contributed by atoms with Gasteiger partial charge in [-0.25, -0.2) is 12.8 Å². The SMILES string of the molecule is C[C@H](C(=O)NC1CCCC1)N(Cc1ccccc1F)C(=O)CN(c1ccccc1)S(=O)(=O)c1ccccc1. The molecule has 3 aromatic rings. The summed E-state index contributed by atoms with van der Waals surface area (Å²) in [6.45, 7) is 0.844. The molecule has 0 bridgehead atoms. The summed E-state index contributed by atoms with van der Waals surface area (Å²) < 4.78 is 42.9. The molecule has 0 saturated heterocycles. The van der Waals surface area contributed by atoms with Gasteiger partial charge in [-0.15, -0.1) is 0 Å². The molecule has 2 amide bonds. The van der Waals surface area contributed by atoms with E-state index < -0.39 is 34.3 Å². The largest absolute Gasteiger partial charge is 0.352 e. The highest BCUT2D eigenvalue weighted by atomic mass is 32.2. The molecule has 9 heteroatoms. The molecule has 0 spiro atoms. The maximum Gasteiger partial charge on any atom is 0.264 e. The van der Waals surface area contributed by atoms with Crippen molar-refractivity contribution >= 4 is 27.5 Å². The van der Waals surface area contributed by atoms with Gasteiger partial charge in [-0.05, 0) is 50.1 Å². The number of amides is 2. The smallest absolute Gasteiger partial charge is 0.264 e. The number of halogens is 1. The van der Waals surface area contributed by atoms with Crippen molar-refractivity contribution in [2.24, 2.45) is 0 Å². The molecule has 1 fully saturated rings. The second kappa shape index (κ2) is 12.2. The van der Waals surface area contributed by atoms with Crippen molar-refractivity contribution in [2.45, 2.75) is 56.1 Å². The molecule has 0 unspecified atom stereocenters. The summed E-state index contributed by atoms with van der Waals surface area (Å²) in [6.07, 6.45) is 3.80. The van der Waals surface area contributed by atoms with E-state index in [2.05, 4.69) is 5.32 Å². The van der Waals surface area contributed by atoms with Gasteiger partial charge in [-0.3, -0.25) is 13.9 Å². The fraction of sp³-hybridized carbons (Fsp3) is 0.310. The number of hydrogen-bond donors (Lipinski definition) is 1. The quantitative estimate of drug-likeness (QED) is 0.413. The molecule has 1 aliphatic carbocycles. The molecular weight excluding hydrogens is 505 g/mol. The van der Waals surface area contributed by atoms with Crippen LogP contribution in [-0.4, -0.2) is 43.8 Å². The minimum atomic E-state index is -4.12. The Morgan fingerprint density at radius 2 is 1.50 bits per heavy atom. The fourth-order valence-electron chi connectivity index (χ4n) is 4.63. The summed E-state index contributed by atoms with van der Waals surface area (Å²) in [5, 5.41) is 3.00. The van der Waals surface area contributed by atoms with Crippen molar-refractivity contribution in [3.8, 4) is 0 Å². The van der Waals surface area contributed by atoms with Crippen molar-refractivity contribution in [2.75, 3.05) is 10.8 Å². The lowest BCUT2D eigenvalue weighted by Crippen LogP contribution is -2.52. The van der Waals surface area contributed by atoms with E-state index in [1.807, 2.05) is 0 Å². The number of para-hydroxylation sites is 1. The van der Waals surface area contributed by atoms with E-state index in [1.54, 1.807) is 73.7 Å². The van der Waals surface area contributed by atoms with Gasteiger partial charge in [0, 0.05) is 18.2 Å². The molecule has 4 rings (SSSR count). The van der Waals surface area contributed by atoms with Gasteiger partial charge in [-0.2, -0.15) is 0 Å². The first kappa shape index (κ1) is 27.3. The van der Waals surface area contributed by atoms with Crippen LogP contribution in [0.25, 0.3) is 0 Å². The number of sulfonamides is 1. The van der Waals surface area contributed by atoms with Crippen LogP contribution in [0.15, 0.2) is 89.8 Å². The topological polar surface area (TPSA) is 86.8 Å². The van der Waals surface area contributed by atoms with Crippen molar-refractivity contribution in [3.05, 3.63) is 96.3 Å². The Kier molecular flexibility index (Phi) is 8.78. The number of hydrogen-bond acceptors (Lipinski definition) is 4. The number of anilines is 1. The minimum absolute atomic E-state index is 0.0318. The normalized spacial score (nSPS) is 14.6. The molecule has 1 saturated carbocycles. The van der Waals surface area contributed by atoms with Gasteiger partial charge >= 0.3 is 0 Å². The lowest BCUT2D eigenvalue weighted by molar-refractivity contribution is -0.139. The lowest BCUT2D eigenvalue weighted by atomic mass is 10.1. The van der Waals surface area contributed by atoms with Crippen LogP contribution in [0, 0.1) is 5.82 Å². The van der Waals surface area contributed by atoms with Gasteiger partial charge < -0.3 is 10.2 Å². The average molecular weight is 538 g/mol. The molecule has 0 heterocycles. The third-order valence-corrected chi connectivity index (χ3v) is 8.61. The molecule has 38 heavy (non-hydrogen) atoms. The summed E-state index contributed by atoms with van der Waals surface area (Å²) in [7, 11) is -4.12. The standard InChI is InChI=1S/C29H32FN3O4S/c1-22(29(35)31-24-13-9-10-14-24)32(20-23-12-8-11-19-27(23)30)28(34)21-33(25-15-4-2-5-16-25)38(36,37)26-17-6-3-7-18-26/h2-8,11-12,15-19,22,24H,9-10,13-14,20-21H2,1H3,(H,31,35)/t22-/m1/s1. The van der Waals surface area contributed by atoms with Crippen molar-refractivity contribution < 1.29 is 22.4 Å². The molecule has 7 nitrogen and oxygen atoms in total. The number of carbonyl (C=O) groups excluding carboxylic acids is 2. The van der Waals surface area contributed by atoms with E-state index in [1.165, 1.54) is 23.1 Å². The third kappa shape index (κ3) is 6.39. The fourth-order valence-corrected chi connectivity index (χ4v) is 6.06. The number of benzene rings is 3. The minimum Gasteiger partial charge on any atom is -0.352 e. The average Bonchev–Trinajstić information content (AvgIpc) is 3.44. The molecule has 1 N–H and O–H groups in total.